The minimum absolute atomic E-state index is 0.139. The van der Waals surface area contributed by atoms with E-state index in [4.69, 9.17) is 4.74 Å². The summed E-state index contributed by atoms with van der Waals surface area (Å²) in [4.78, 5) is 36.7. The lowest BCUT2D eigenvalue weighted by atomic mass is 10.2. The van der Waals surface area contributed by atoms with Crippen molar-refractivity contribution in [3.8, 4) is 5.75 Å². The lowest BCUT2D eigenvalue weighted by Crippen LogP contribution is -2.32. The number of carbonyl (C=O) groups is 3. The highest BCUT2D eigenvalue weighted by molar-refractivity contribution is 6.05. The monoisotopic (exact) mass is 421 g/mol. The normalized spacial score (nSPS) is 10.1. The van der Waals surface area contributed by atoms with Crippen LogP contribution in [0, 0.1) is 5.82 Å². The van der Waals surface area contributed by atoms with Gasteiger partial charge in [-0.2, -0.15) is 0 Å². The van der Waals surface area contributed by atoms with Crippen molar-refractivity contribution < 1.29 is 23.5 Å². The smallest absolute Gasteiger partial charge is 0.255 e. The molecular weight excluding hydrogens is 401 g/mol. The number of amides is 3. The predicted molar refractivity (Wildman–Crippen MR) is 115 cm³/mol. The molecule has 8 heteroatoms. The highest BCUT2D eigenvalue weighted by atomic mass is 19.1. The summed E-state index contributed by atoms with van der Waals surface area (Å²) in [5, 5.41) is 7.81. The first-order valence-electron chi connectivity index (χ1n) is 9.34. The van der Waals surface area contributed by atoms with Gasteiger partial charge in [-0.1, -0.05) is 24.3 Å². The number of anilines is 2. The second-order valence-corrected chi connectivity index (χ2v) is 6.48. The average Bonchev–Trinajstić information content (AvgIpc) is 2.78. The first-order chi connectivity index (χ1) is 15.0. The lowest BCUT2D eigenvalue weighted by molar-refractivity contribution is -0.115. The molecular formula is C23H20FN3O4. The van der Waals surface area contributed by atoms with Gasteiger partial charge in [-0.15, -0.1) is 0 Å². The lowest BCUT2D eigenvalue weighted by Gasteiger charge is -2.13. The van der Waals surface area contributed by atoms with E-state index in [1.807, 2.05) is 0 Å². The zero-order valence-electron chi connectivity index (χ0n) is 16.6. The van der Waals surface area contributed by atoms with Crippen LogP contribution in [0.25, 0.3) is 0 Å². The third kappa shape index (κ3) is 5.89. The molecule has 3 aromatic carbocycles. The van der Waals surface area contributed by atoms with Gasteiger partial charge in [0, 0.05) is 16.8 Å². The van der Waals surface area contributed by atoms with Crippen molar-refractivity contribution in [3.63, 3.8) is 0 Å². The Balaban J connectivity index is 1.64. The van der Waals surface area contributed by atoms with Crippen LogP contribution in [-0.2, 0) is 4.79 Å². The Morgan fingerprint density at radius 3 is 2.29 bits per heavy atom. The Morgan fingerprint density at radius 1 is 0.839 bits per heavy atom. The maximum absolute atomic E-state index is 13.4. The van der Waals surface area contributed by atoms with Crippen LogP contribution in [0.2, 0.25) is 0 Å². The number of nitrogens with one attached hydrogen (secondary N) is 3. The van der Waals surface area contributed by atoms with Gasteiger partial charge in [-0.25, -0.2) is 4.39 Å². The molecule has 0 unspecified atom stereocenters. The summed E-state index contributed by atoms with van der Waals surface area (Å²) in [6, 6.07) is 18.5. The average molecular weight is 421 g/mol. The molecule has 0 aliphatic rings. The maximum Gasteiger partial charge on any atom is 0.255 e. The number of hydrogen-bond acceptors (Lipinski definition) is 4. The SMILES string of the molecule is COc1ccc(NC(=O)CNC(=O)c2ccccc2)cc1NC(=O)c1cccc(F)c1. The first kappa shape index (κ1) is 21.5. The van der Waals surface area contributed by atoms with Crippen molar-refractivity contribution in [2.45, 2.75) is 0 Å². The number of ether oxygens (including phenoxy) is 1. The molecule has 158 valence electrons. The zero-order chi connectivity index (χ0) is 22.2. The number of carbonyl (C=O) groups excluding carboxylic acids is 3. The molecule has 31 heavy (non-hydrogen) atoms. The van der Waals surface area contributed by atoms with Gasteiger partial charge in [0.2, 0.25) is 5.91 Å². The molecule has 0 saturated carbocycles. The Hall–Kier alpha value is -4.20. The minimum atomic E-state index is -0.531. The van der Waals surface area contributed by atoms with Gasteiger partial charge in [0.25, 0.3) is 11.8 Å². The maximum atomic E-state index is 13.4. The van der Waals surface area contributed by atoms with E-state index in [0.717, 1.165) is 6.07 Å². The highest BCUT2D eigenvalue weighted by Crippen LogP contribution is 2.28. The minimum Gasteiger partial charge on any atom is -0.495 e. The van der Waals surface area contributed by atoms with Gasteiger partial charge in [-0.05, 0) is 48.5 Å². The largest absolute Gasteiger partial charge is 0.495 e. The fraction of sp³-hybridized carbons (Fsp3) is 0.0870. The van der Waals surface area contributed by atoms with Gasteiger partial charge in [0.05, 0.1) is 19.3 Å². The third-order valence-corrected chi connectivity index (χ3v) is 4.26. The van der Waals surface area contributed by atoms with E-state index < -0.39 is 17.6 Å². The van der Waals surface area contributed by atoms with Crippen LogP contribution < -0.4 is 20.7 Å². The summed E-state index contributed by atoms with van der Waals surface area (Å²) < 4.78 is 18.6. The molecule has 0 atom stereocenters. The zero-order valence-corrected chi connectivity index (χ0v) is 16.6. The molecule has 0 bridgehead atoms. The molecule has 0 spiro atoms. The summed E-state index contributed by atoms with van der Waals surface area (Å²) in [5.74, 6) is -1.51. The van der Waals surface area contributed by atoms with Crippen LogP contribution in [0.1, 0.15) is 20.7 Å². The molecule has 3 N–H and O–H groups in total. The Kier molecular flexibility index (Phi) is 6.95. The Labute approximate surface area is 178 Å². The van der Waals surface area contributed by atoms with Crippen LogP contribution in [0.15, 0.2) is 72.8 Å². The molecule has 0 heterocycles. The summed E-state index contributed by atoms with van der Waals surface area (Å²) in [7, 11) is 1.44. The van der Waals surface area contributed by atoms with Gasteiger partial charge in [0.1, 0.15) is 11.6 Å². The predicted octanol–water partition coefficient (Wildman–Crippen LogP) is 3.46. The summed E-state index contributed by atoms with van der Waals surface area (Å²) in [6.45, 7) is -0.231. The summed E-state index contributed by atoms with van der Waals surface area (Å²) >= 11 is 0. The number of hydrogen-bond donors (Lipinski definition) is 3. The van der Waals surface area contributed by atoms with Crippen LogP contribution in [0.4, 0.5) is 15.8 Å². The standard InChI is InChI=1S/C23H20FN3O4/c1-31-20-11-10-18(13-19(20)27-23(30)16-8-5-9-17(24)12-16)26-21(28)14-25-22(29)15-6-3-2-4-7-15/h2-13H,14H2,1H3,(H,25,29)(H,26,28)(H,27,30). The van der Waals surface area contributed by atoms with Gasteiger partial charge < -0.3 is 20.7 Å². The molecule has 0 aromatic heterocycles. The molecule has 0 fully saturated rings. The number of rotatable bonds is 7. The third-order valence-electron chi connectivity index (χ3n) is 4.26. The number of halogens is 1. The van der Waals surface area contributed by atoms with Crippen molar-refractivity contribution in [2.24, 2.45) is 0 Å². The molecule has 3 rings (SSSR count). The molecule has 3 amide bonds. The summed E-state index contributed by atoms with van der Waals surface area (Å²) in [5.41, 5.74) is 1.26. The van der Waals surface area contributed by atoms with Crippen LogP contribution in [-0.4, -0.2) is 31.4 Å². The second kappa shape index (κ2) is 10.0. The Bertz CT molecular complexity index is 1100. The fourth-order valence-electron chi connectivity index (χ4n) is 2.76. The number of methoxy groups -OCH3 is 1. The van der Waals surface area contributed by atoms with E-state index in [9.17, 15) is 18.8 Å². The van der Waals surface area contributed by atoms with Crippen LogP contribution >= 0.6 is 0 Å². The second-order valence-electron chi connectivity index (χ2n) is 6.48. The number of benzene rings is 3. The van der Waals surface area contributed by atoms with Crippen molar-refractivity contribution in [3.05, 3.63) is 89.7 Å². The molecule has 0 saturated heterocycles. The quantitative estimate of drug-likeness (QED) is 0.544. The van der Waals surface area contributed by atoms with E-state index in [-0.39, 0.29) is 18.0 Å². The molecule has 0 aliphatic heterocycles. The molecule has 7 nitrogen and oxygen atoms in total. The van der Waals surface area contributed by atoms with Gasteiger partial charge >= 0.3 is 0 Å². The Morgan fingerprint density at radius 2 is 1.58 bits per heavy atom. The molecule has 3 aromatic rings. The van der Waals surface area contributed by atoms with Gasteiger partial charge in [-0.3, -0.25) is 14.4 Å². The highest BCUT2D eigenvalue weighted by Gasteiger charge is 2.13. The van der Waals surface area contributed by atoms with Crippen LogP contribution in [0.3, 0.4) is 0 Å². The molecule has 0 radical (unpaired) electrons. The van der Waals surface area contributed by atoms with Gasteiger partial charge in [0.15, 0.2) is 0 Å². The summed E-state index contributed by atoms with van der Waals surface area (Å²) in [6.07, 6.45) is 0. The van der Waals surface area contributed by atoms with Crippen LogP contribution in [0.5, 0.6) is 5.75 Å². The van der Waals surface area contributed by atoms with E-state index in [2.05, 4.69) is 16.0 Å². The van der Waals surface area contributed by atoms with Crippen molar-refractivity contribution >= 4 is 29.1 Å². The fourth-order valence-corrected chi connectivity index (χ4v) is 2.76. The van der Waals surface area contributed by atoms with Crippen molar-refractivity contribution in [1.82, 2.24) is 5.32 Å². The van der Waals surface area contributed by atoms with E-state index in [0.29, 0.717) is 22.7 Å². The first-order valence-corrected chi connectivity index (χ1v) is 9.34. The van der Waals surface area contributed by atoms with E-state index in [1.54, 1.807) is 42.5 Å². The topological polar surface area (TPSA) is 96.5 Å². The van der Waals surface area contributed by atoms with Crippen molar-refractivity contribution in [2.75, 3.05) is 24.3 Å². The van der Waals surface area contributed by atoms with E-state index >= 15 is 0 Å². The van der Waals surface area contributed by atoms with E-state index in [1.165, 1.54) is 31.4 Å². The molecule has 0 aliphatic carbocycles. The van der Waals surface area contributed by atoms with Crippen molar-refractivity contribution in [1.29, 1.82) is 0 Å².